The van der Waals surface area contributed by atoms with Crippen molar-refractivity contribution in [3.8, 4) is 17.2 Å². The molecule has 0 bridgehead atoms. The number of aryl methyl sites for hydroxylation is 1. The van der Waals surface area contributed by atoms with Gasteiger partial charge in [0.25, 0.3) is 0 Å². The first-order valence-corrected chi connectivity index (χ1v) is 6.39. The van der Waals surface area contributed by atoms with Crippen LogP contribution in [0.4, 0.5) is 4.39 Å². The maximum absolute atomic E-state index is 13.8. The van der Waals surface area contributed by atoms with Crippen LogP contribution < -0.4 is 15.2 Å². The molecule has 0 aliphatic carbocycles. The predicted molar refractivity (Wildman–Crippen MR) is 76.8 cm³/mol. The van der Waals surface area contributed by atoms with E-state index in [1.807, 2.05) is 13.8 Å². The average Bonchev–Trinajstić information content (AvgIpc) is 2.42. The van der Waals surface area contributed by atoms with E-state index in [1.54, 1.807) is 37.4 Å². The smallest absolute Gasteiger partial charge is 0.165 e. The Hall–Kier alpha value is -2.07. The van der Waals surface area contributed by atoms with Crippen LogP contribution in [0.15, 0.2) is 36.4 Å². The van der Waals surface area contributed by atoms with E-state index in [2.05, 4.69) is 0 Å². The van der Waals surface area contributed by atoms with Gasteiger partial charge in [0, 0.05) is 6.04 Å². The summed E-state index contributed by atoms with van der Waals surface area (Å²) in [6.07, 6.45) is 0. The Morgan fingerprint density at radius 2 is 1.80 bits per heavy atom. The molecular formula is C16H18FNO2. The molecule has 0 spiro atoms. The maximum atomic E-state index is 13.8. The molecule has 20 heavy (non-hydrogen) atoms. The van der Waals surface area contributed by atoms with E-state index in [1.165, 1.54) is 6.07 Å². The van der Waals surface area contributed by atoms with Crippen molar-refractivity contribution in [2.45, 2.75) is 19.9 Å². The third kappa shape index (κ3) is 2.91. The van der Waals surface area contributed by atoms with E-state index < -0.39 is 5.82 Å². The van der Waals surface area contributed by atoms with Gasteiger partial charge in [0.05, 0.1) is 12.7 Å². The molecular weight excluding hydrogens is 257 g/mol. The molecule has 0 saturated carbocycles. The van der Waals surface area contributed by atoms with Gasteiger partial charge in [0.1, 0.15) is 11.5 Å². The molecule has 0 saturated heterocycles. The fourth-order valence-corrected chi connectivity index (χ4v) is 2.05. The van der Waals surface area contributed by atoms with Crippen molar-refractivity contribution < 1.29 is 13.9 Å². The normalized spacial score (nSPS) is 12.1. The highest BCUT2D eigenvalue weighted by atomic mass is 19.1. The van der Waals surface area contributed by atoms with E-state index >= 15 is 0 Å². The SMILES string of the molecule is COc1cccc(Oc2cc(C)ccc2F)c1[C@@H](C)N. The van der Waals surface area contributed by atoms with Crippen LogP contribution in [0.2, 0.25) is 0 Å². The van der Waals surface area contributed by atoms with Crippen LogP contribution in [0.5, 0.6) is 17.2 Å². The highest BCUT2D eigenvalue weighted by molar-refractivity contribution is 5.48. The van der Waals surface area contributed by atoms with Crippen molar-refractivity contribution in [3.05, 3.63) is 53.3 Å². The first-order chi connectivity index (χ1) is 9.52. The molecule has 0 aliphatic rings. The molecule has 2 N–H and O–H groups in total. The van der Waals surface area contributed by atoms with Crippen molar-refractivity contribution >= 4 is 0 Å². The molecule has 106 valence electrons. The quantitative estimate of drug-likeness (QED) is 0.918. The summed E-state index contributed by atoms with van der Waals surface area (Å²) >= 11 is 0. The highest BCUT2D eigenvalue weighted by Crippen LogP contribution is 2.36. The van der Waals surface area contributed by atoms with Gasteiger partial charge in [-0.25, -0.2) is 4.39 Å². The van der Waals surface area contributed by atoms with Crippen LogP contribution in [-0.2, 0) is 0 Å². The van der Waals surface area contributed by atoms with E-state index in [-0.39, 0.29) is 11.8 Å². The van der Waals surface area contributed by atoms with Crippen LogP contribution in [-0.4, -0.2) is 7.11 Å². The maximum Gasteiger partial charge on any atom is 0.165 e. The zero-order valence-corrected chi connectivity index (χ0v) is 11.8. The summed E-state index contributed by atoms with van der Waals surface area (Å²) in [6, 6.07) is 9.79. The van der Waals surface area contributed by atoms with Gasteiger partial charge >= 0.3 is 0 Å². The van der Waals surface area contributed by atoms with Crippen molar-refractivity contribution in [1.29, 1.82) is 0 Å². The van der Waals surface area contributed by atoms with Gasteiger partial charge in [-0.1, -0.05) is 12.1 Å². The minimum absolute atomic E-state index is 0.181. The molecule has 0 aromatic heterocycles. The van der Waals surface area contributed by atoms with Crippen LogP contribution in [0.25, 0.3) is 0 Å². The predicted octanol–water partition coefficient (Wildman–Crippen LogP) is 3.95. The lowest BCUT2D eigenvalue weighted by Gasteiger charge is -2.17. The zero-order chi connectivity index (χ0) is 14.7. The van der Waals surface area contributed by atoms with E-state index in [9.17, 15) is 4.39 Å². The molecule has 3 nitrogen and oxygen atoms in total. The number of hydrogen-bond acceptors (Lipinski definition) is 3. The summed E-state index contributed by atoms with van der Waals surface area (Å²) in [6.45, 7) is 3.71. The number of hydrogen-bond donors (Lipinski definition) is 1. The lowest BCUT2D eigenvalue weighted by molar-refractivity contribution is 0.393. The van der Waals surface area contributed by atoms with Crippen LogP contribution >= 0.6 is 0 Å². The second-order valence-electron chi connectivity index (χ2n) is 4.70. The Balaban J connectivity index is 2.45. The van der Waals surface area contributed by atoms with E-state index in [0.29, 0.717) is 11.5 Å². The highest BCUT2D eigenvalue weighted by Gasteiger charge is 2.16. The Morgan fingerprint density at radius 1 is 1.10 bits per heavy atom. The fraction of sp³-hybridized carbons (Fsp3) is 0.250. The van der Waals surface area contributed by atoms with Gasteiger partial charge in [-0.05, 0) is 43.7 Å². The van der Waals surface area contributed by atoms with Gasteiger partial charge in [-0.3, -0.25) is 0 Å². The number of ether oxygens (including phenoxy) is 2. The molecule has 0 unspecified atom stereocenters. The second-order valence-corrected chi connectivity index (χ2v) is 4.70. The molecule has 0 heterocycles. The standard InChI is InChI=1S/C16H18FNO2/c1-10-7-8-12(17)15(9-10)20-14-6-4-5-13(19-3)16(14)11(2)18/h4-9,11H,18H2,1-3H3/t11-/m1/s1. The Labute approximate surface area is 118 Å². The molecule has 0 radical (unpaired) electrons. The molecule has 0 amide bonds. The fourth-order valence-electron chi connectivity index (χ4n) is 2.05. The lowest BCUT2D eigenvalue weighted by Crippen LogP contribution is -2.09. The van der Waals surface area contributed by atoms with Gasteiger partial charge in [0.15, 0.2) is 11.6 Å². The Morgan fingerprint density at radius 3 is 2.45 bits per heavy atom. The van der Waals surface area contributed by atoms with E-state index in [4.69, 9.17) is 15.2 Å². The lowest BCUT2D eigenvalue weighted by atomic mass is 10.1. The number of benzene rings is 2. The van der Waals surface area contributed by atoms with Crippen LogP contribution in [0.1, 0.15) is 24.1 Å². The summed E-state index contributed by atoms with van der Waals surface area (Å²) in [5.41, 5.74) is 7.60. The molecule has 0 fully saturated rings. The molecule has 2 rings (SSSR count). The number of nitrogens with two attached hydrogens (primary N) is 1. The van der Waals surface area contributed by atoms with Crippen molar-refractivity contribution in [3.63, 3.8) is 0 Å². The van der Waals surface area contributed by atoms with Gasteiger partial charge < -0.3 is 15.2 Å². The van der Waals surface area contributed by atoms with Gasteiger partial charge in [-0.15, -0.1) is 0 Å². The van der Waals surface area contributed by atoms with Crippen molar-refractivity contribution in [2.75, 3.05) is 7.11 Å². The third-order valence-corrected chi connectivity index (χ3v) is 3.01. The van der Waals surface area contributed by atoms with Gasteiger partial charge in [0.2, 0.25) is 0 Å². The van der Waals surface area contributed by atoms with Crippen molar-refractivity contribution in [1.82, 2.24) is 0 Å². The Kier molecular flexibility index (Phi) is 4.25. The molecule has 2 aromatic carbocycles. The molecule has 0 aliphatic heterocycles. The largest absolute Gasteiger partial charge is 0.496 e. The summed E-state index contributed by atoms with van der Waals surface area (Å²) in [7, 11) is 1.57. The van der Waals surface area contributed by atoms with Crippen LogP contribution in [0, 0.1) is 12.7 Å². The molecule has 1 atom stereocenters. The summed E-state index contributed by atoms with van der Waals surface area (Å²) in [5, 5.41) is 0. The molecule has 2 aromatic rings. The number of methoxy groups -OCH3 is 1. The monoisotopic (exact) mass is 275 g/mol. The van der Waals surface area contributed by atoms with E-state index in [0.717, 1.165) is 11.1 Å². The summed E-state index contributed by atoms with van der Waals surface area (Å²) in [4.78, 5) is 0. The Bertz CT molecular complexity index is 611. The topological polar surface area (TPSA) is 44.5 Å². The summed E-state index contributed by atoms with van der Waals surface area (Å²) in [5.74, 6) is 0.906. The zero-order valence-electron chi connectivity index (χ0n) is 11.8. The average molecular weight is 275 g/mol. The third-order valence-electron chi connectivity index (χ3n) is 3.01. The first-order valence-electron chi connectivity index (χ1n) is 6.39. The number of rotatable bonds is 4. The van der Waals surface area contributed by atoms with Crippen molar-refractivity contribution in [2.24, 2.45) is 5.73 Å². The second kappa shape index (κ2) is 5.92. The van der Waals surface area contributed by atoms with Gasteiger partial charge in [-0.2, -0.15) is 0 Å². The minimum atomic E-state index is -0.408. The summed E-state index contributed by atoms with van der Waals surface area (Å²) < 4.78 is 24.8. The molecule has 4 heteroatoms. The minimum Gasteiger partial charge on any atom is -0.496 e. The first kappa shape index (κ1) is 14.3. The van der Waals surface area contributed by atoms with Crippen LogP contribution in [0.3, 0.4) is 0 Å². The number of halogens is 1.